The van der Waals surface area contributed by atoms with Gasteiger partial charge in [0.2, 0.25) is 5.91 Å². The van der Waals surface area contributed by atoms with Crippen molar-refractivity contribution in [2.75, 3.05) is 32.9 Å². The first-order valence-electron chi connectivity index (χ1n) is 10.3. The highest BCUT2D eigenvalue weighted by Crippen LogP contribution is 2.34. The number of amides is 1. The van der Waals surface area contributed by atoms with E-state index in [1.54, 1.807) is 0 Å². The maximum atomic E-state index is 12.5. The third-order valence-electron chi connectivity index (χ3n) is 6.13. The summed E-state index contributed by atoms with van der Waals surface area (Å²) in [6, 6.07) is 10.6. The van der Waals surface area contributed by atoms with Crippen LogP contribution in [0.15, 0.2) is 30.3 Å². The fraction of sp³-hybridized carbons (Fsp3) is 0.682. The molecule has 4 heteroatoms. The number of hydrogen-bond donors (Lipinski definition) is 0. The minimum absolute atomic E-state index is 0.265. The topological polar surface area (TPSA) is 38.8 Å². The zero-order valence-corrected chi connectivity index (χ0v) is 15.6. The maximum absolute atomic E-state index is 12.5. The number of carbonyl (C=O) groups is 1. The first-order valence-corrected chi connectivity index (χ1v) is 10.3. The third-order valence-corrected chi connectivity index (χ3v) is 6.13. The van der Waals surface area contributed by atoms with Crippen LogP contribution in [0.4, 0.5) is 0 Å². The highest BCUT2D eigenvalue weighted by molar-refractivity contribution is 5.81. The van der Waals surface area contributed by atoms with Gasteiger partial charge < -0.3 is 14.4 Å². The Morgan fingerprint density at radius 3 is 2.58 bits per heavy atom. The lowest BCUT2D eigenvalue weighted by molar-refractivity contribution is -0.138. The van der Waals surface area contributed by atoms with Crippen molar-refractivity contribution in [3.8, 4) is 0 Å². The number of carbonyl (C=O) groups excluding carboxylic acids is 1. The molecule has 1 aromatic rings. The van der Waals surface area contributed by atoms with Gasteiger partial charge in [0.15, 0.2) is 0 Å². The summed E-state index contributed by atoms with van der Waals surface area (Å²) in [6.45, 7) is 4.29. The average molecular weight is 357 g/mol. The first kappa shape index (κ1) is 18.0. The van der Waals surface area contributed by atoms with Crippen molar-refractivity contribution >= 4 is 5.91 Å². The summed E-state index contributed by atoms with van der Waals surface area (Å²) >= 11 is 0. The Balaban J connectivity index is 1.38. The molecule has 2 atom stereocenters. The molecule has 1 amide bonds. The molecule has 3 fully saturated rings. The van der Waals surface area contributed by atoms with Crippen molar-refractivity contribution in [2.45, 2.75) is 44.6 Å². The van der Waals surface area contributed by atoms with E-state index in [-0.39, 0.29) is 6.10 Å². The molecule has 0 N–H and O–H groups in total. The fourth-order valence-corrected chi connectivity index (χ4v) is 4.30. The molecule has 4 rings (SSSR count). The standard InChI is InChI=1S/C22H31NO3/c24-22(19-6-7-19)23-11-8-21(26-16-18-9-12-25-13-10-18)20(15-23)14-17-4-2-1-3-5-17/h1-5,18-21H,6-16H2/t20-,21-/m1/s1. The Bertz CT molecular complexity index is 580. The normalized spacial score (nSPS) is 27.5. The van der Waals surface area contributed by atoms with Gasteiger partial charge in [-0.2, -0.15) is 0 Å². The van der Waals surface area contributed by atoms with Crippen molar-refractivity contribution in [2.24, 2.45) is 17.8 Å². The van der Waals surface area contributed by atoms with E-state index in [1.807, 2.05) is 0 Å². The molecule has 1 aromatic carbocycles. The van der Waals surface area contributed by atoms with Crippen LogP contribution in [-0.4, -0.2) is 49.8 Å². The van der Waals surface area contributed by atoms with E-state index in [0.717, 1.165) is 71.4 Å². The van der Waals surface area contributed by atoms with Gasteiger partial charge in [0.05, 0.1) is 6.10 Å². The molecule has 2 heterocycles. The minimum Gasteiger partial charge on any atom is -0.381 e. The van der Waals surface area contributed by atoms with Gasteiger partial charge in [-0.3, -0.25) is 4.79 Å². The van der Waals surface area contributed by atoms with Gasteiger partial charge in [-0.25, -0.2) is 0 Å². The molecule has 2 aliphatic heterocycles. The number of nitrogens with zero attached hydrogens (tertiary/aromatic N) is 1. The predicted octanol–water partition coefficient (Wildman–Crippen LogP) is 3.30. The number of rotatable bonds is 6. The Hall–Kier alpha value is -1.39. The molecule has 4 nitrogen and oxygen atoms in total. The molecule has 0 radical (unpaired) electrons. The second kappa shape index (κ2) is 8.53. The van der Waals surface area contributed by atoms with E-state index in [0.29, 0.717) is 23.7 Å². The molecule has 2 saturated heterocycles. The molecule has 1 aliphatic carbocycles. The molecular formula is C22H31NO3. The van der Waals surface area contributed by atoms with E-state index in [4.69, 9.17) is 9.47 Å². The van der Waals surface area contributed by atoms with Gasteiger partial charge in [0.1, 0.15) is 0 Å². The van der Waals surface area contributed by atoms with Gasteiger partial charge in [-0.05, 0) is 50.0 Å². The van der Waals surface area contributed by atoms with Crippen LogP contribution >= 0.6 is 0 Å². The predicted molar refractivity (Wildman–Crippen MR) is 101 cm³/mol. The minimum atomic E-state index is 0.265. The zero-order chi connectivity index (χ0) is 17.8. The average Bonchev–Trinajstić information content (AvgIpc) is 3.53. The second-order valence-electron chi connectivity index (χ2n) is 8.22. The van der Waals surface area contributed by atoms with Gasteiger partial charge >= 0.3 is 0 Å². The zero-order valence-electron chi connectivity index (χ0n) is 15.6. The smallest absolute Gasteiger partial charge is 0.225 e. The highest BCUT2D eigenvalue weighted by Gasteiger charge is 2.38. The van der Waals surface area contributed by atoms with Crippen LogP contribution in [0.3, 0.4) is 0 Å². The maximum Gasteiger partial charge on any atom is 0.225 e. The molecule has 0 unspecified atom stereocenters. The lowest BCUT2D eigenvalue weighted by atomic mass is 9.88. The van der Waals surface area contributed by atoms with E-state index in [1.165, 1.54) is 5.56 Å². The highest BCUT2D eigenvalue weighted by atomic mass is 16.5. The fourth-order valence-electron chi connectivity index (χ4n) is 4.30. The van der Waals surface area contributed by atoms with Crippen LogP contribution in [0, 0.1) is 17.8 Å². The number of likely N-dealkylation sites (tertiary alicyclic amines) is 1. The Labute approximate surface area is 156 Å². The molecule has 0 aromatic heterocycles. The quantitative estimate of drug-likeness (QED) is 0.784. The summed E-state index contributed by atoms with van der Waals surface area (Å²) in [7, 11) is 0. The van der Waals surface area contributed by atoms with Gasteiger partial charge in [0, 0.05) is 44.7 Å². The molecule has 3 aliphatic rings. The number of hydrogen-bond acceptors (Lipinski definition) is 3. The van der Waals surface area contributed by atoms with Gasteiger partial charge in [-0.1, -0.05) is 30.3 Å². The van der Waals surface area contributed by atoms with Crippen molar-refractivity contribution in [3.63, 3.8) is 0 Å². The molecule has 0 bridgehead atoms. The van der Waals surface area contributed by atoms with Gasteiger partial charge in [-0.15, -0.1) is 0 Å². The lowest BCUT2D eigenvalue weighted by Gasteiger charge is -2.39. The number of piperidine rings is 1. The van der Waals surface area contributed by atoms with Crippen molar-refractivity contribution < 1.29 is 14.3 Å². The van der Waals surface area contributed by atoms with Crippen molar-refractivity contribution in [1.29, 1.82) is 0 Å². The summed E-state index contributed by atoms with van der Waals surface area (Å²) in [6.07, 6.45) is 6.63. The van der Waals surface area contributed by atoms with Crippen LogP contribution in [0.1, 0.15) is 37.7 Å². The summed E-state index contributed by atoms with van der Waals surface area (Å²) < 4.78 is 11.9. The van der Waals surface area contributed by atoms with Crippen molar-refractivity contribution in [1.82, 2.24) is 4.90 Å². The van der Waals surface area contributed by atoms with E-state index in [9.17, 15) is 4.79 Å². The van der Waals surface area contributed by atoms with Gasteiger partial charge in [0.25, 0.3) is 0 Å². The van der Waals surface area contributed by atoms with E-state index in [2.05, 4.69) is 35.2 Å². The van der Waals surface area contributed by atoms with Crippen LogP contribution in [0.5, 0.6) is 0 Å². The summed E-state index contributed by atoms with van der Waals surface area (Å²) in [5.41, 5.74) is 1.35. The van der Waals surface area contributed by atoms with E-state index >= 15 is 0 Å². The van der Waals surface area contributed by atoms with Crippen LogP contribution in [0.25, 0.3) is 0 Å². The molecule has 142 valence electrons. The number of ether oxygens (including phenoxy) is 2. The van der Waals surface area contributed by atoms with Crippen LogP contribution < -0.4 is 0 Å². The Morgan fingerprint density at radius 2 is 1.85 bits per heavy atom. The van der Waals surface area contributed by atoms with Crippen LogP contribution in [0.2, 0.25) is 0 Å². The molecular weight excluding hydrogens is 326 g/mol. The molecule has 1 saturated carbocycles. The third kappa shape index (κ3) is 4.66. The summed E-state index contributed by atoms with van der Waals surface area (Å²) in [5, 5.41) is 0. The largest absolute Gasteiger partial charge is 0.381 e. The monoisotopic (exact) mass is 357 g/mol. The number of benzene rings is 1. The Kier molecular flexibility index (Phi) is 5.91. The van der Waals surface area contributed by atoms with Crippen LogP contribution in [-0.2, 0) is 20.7 Å². The summed E-state index contributed by atoms with van der Waals surface area (Å²) in [4.78, 5) is 14.7. The summed E-state index contributed by atoms with van der Waals surface area (Å²) in [5.74, 6) is 1.72. The molecule has 26 heavy (non-hydrogen) atoms. The molecule has 0 spiro atoms. The lowest BCUT2D eigenvalue weighted by Crippen LogP contribution is -2.48. The Morgan fingerprint density at radius 1 is 1.08 bits per heavy atom. The van der Waals surface area contributed by atoms with E-state index < -0.39 is 0 Å². The van der Waals surface area contributed by atoms with Crippen molar-refractivity contribution in [3.05, 3.63) is 35.9 Å². The SMILES string of the molecule is O=C(C1CC1)N1CC[C@@H](OCC2CCOCC2)[C@H](Cc2ccccc2)C1. The second-order valence-corrected chi connectivity index (χ2v) is 8.22. The first-order chi connectivity index (χ1) is 12.8.